The van der Waals surface area contributed by atoms with Crippen molar-refractivity contribution in [3.8, 4) is 0 Å². The molecule has 0 spiro atoms. The van der Waals surface area contributed by atoms with Crippen molar-refractivity contribution in [1.29, 1.82) is 5.41 Å². The van der Waals surface area contributed by atoms with Crippen LogP contribution < -0.4 is 11.2 Å². The molecule has 1 aliphatic carbocycles. The van der Waals surface area contributed by atoms with Gasteiger partial charge in [-0.25, -0.2) is 10.5 Å². The van der Waals surface area contributed by atoms with Crippen LogP contribution in [0.25, 0.3) is 0 Å². The van der Waals surface area contributed by atoms with E-state index in [0.29, 0.717) is 12.1 Å². The summed E-state index contributed by atoms with van der Waals surface area (Å²) < 4.78 is 0. The number of thiophene rings is 1. The minimum Gasteiger partial charge on any atom is -0.368 e. The topological polar surface area (TPSA) is 107 Å². The molecule has 6 nitrogen and oxygen atoms in total. The average molecular weight is 315 g/mol. The van der Waals surface area contributed by atoms with E-state index in [1.54, 1.807) is 17.5 Å². The Kier molecular flexibility index (Phi) is 3.91. The molecule has 2 heterocycles. The fourth-order valence-electron chi connectivity index (χ4n) is 2.88. The van der Waals surface area contributed by atoms with Crippen LogP contribution in [0, 0.1) is 12.3 Å². The molecule has 0 bridgehead atoms. The van der Waals surface area contributed by atoms with Gasteiger partial charge in [-0.1, -0.05) is 0 Å². The monoisotopic (exact) mass is 315 g/mol. The highest BCUT2D eigenvalue weighted by molar-refractivity contribution is 7.08. The van der Waals surface area contributed by atoms with Crippen molar-refractivity contribution in [2.75, 3.05) is 0 Å². The zero-order valence-corrected chi connectivity index (χ0v) is 12.9. The lowest BCUT2D eigenvalue weighted by Crippen LogP contribution is -2.34. The van der Waals surface area contributed by atoms with Crippen LogP contribution in [0.3, 0.4) is 0 Å². The van der Waals surface area contributed by atoms with Gasteiger partial charge in [0, 0.05) is 35.5 Å². The van der Waals surface area contributed by atoms with Crippen molar-refractivity contribution in [3.05, 3.63) is 51.5 Å². The molecular formula is C15H17N5OS. The van der Waals surface area contributed by atoms with Crippen molar-refractivity contribution < 1.29 is 5.21 Å². The molecule has 0 saturated carbocycles. The van der Waals surface area contributed by atoms with Crippen LogP contribution in [0.15, 0.2) is 34.1 Å². The summed E-state index contributed by atoms with van der Waals surface area (Å²) in [6, 6.07) is 3.41. The van der Waals surface area contributed by atoms with E-state index in [0.717, 1.165) is 22.4 Å². The van der Waals surface area contributed by atoms with Gasteiger partial charge in [0.2, 0.25) is 5.96 Å². The first-order valence-electron chi connectivity index (χ1n) is 6.90. The Morgan fingerprint density at radius 2 is 2.36 bits per heavy atom. The number of hydrogen-bond acceptors (Lipinski definition) is 5. The van der Waals surface area contributed by atoms with E-state index in [9.17, 15) is 0 Å². The lowest BCUT2D eigenvalue weighted by atomic mass is 9.77. The minimum atomic E-state index is -0.526. The van der Waals surface area contributed by atoms with Gasteiger partial charge in [-0.3, -0.25) is 10.2 Å². The van der Waals surface area contributed by atoms with Crippen LogP contribution in [0.4, 0.5) is 0 Å². The van der Waals surface area contributed by atoms with Gasteiger partial charge in [-0.2, -0.15) is 11.3 Å². The van der Waals surface area contributed by atoms with E-state index in [1.807, 2.05) is 29.9 Å². The first-order valence-corrected chi connectivity index (χ1v) is 7.84. The fourth-order valence-corrected chi connectivity index (χ4v) is 3.60. The zero-order chi connectivity index (χ0) is 15.7. The molecule has 2 unspecified atom stereocenters. The van der Waals surface area contributed by atoms with Gasteiger partial charge in [-0.05, 0) is 40.9 Å². The van der Waals surface area contributed by atoms with Crippen LogP contribution in [-0.4, -0.2) is 21.9 Å². The summed E-state index contributed by atoms with van der Waals surface area (Å²) in [5.74, 6) is -0.164. The molecule has 5 N–H and O–H groups in total. The molecule has 22 heavy (non-hydrogen) atoms. The summed E-state index contributed by atoms with van der Waals surface area (Å²) in [5.41, 5.74) is 11.9. The summed E-state index contributed by atoms with van der Waals surface area (Å²) in [7, 11) is 0. The Morgan fingerprint density at radius 3 is 3.05 bits per heavy atom. The number of fused-ring (bicyclic) bond motifs is 1. The van der Waals surface area contributed by atoms with Crippen molar-refractivity contribution >= 4 is 23.0 Å². The predicted octanol–water partition coefficient (Wildman–Crippen LogP) is 2.15. The highest BCUT2D eigenvalue weighted by Gasteiger charge is 2.35. The molecule has 0 aliphatic heterocycles. The summed E-state index contributed by atoms with van der Waals surface area (Å²) >= 11 is 1.61. The van der Waals surface area contributed by atoms with Gasteiger partial charge in [0.1, 0.15) is 6.04 Å². The molecule has 0 radical (unpaired) electrons. The van der Waals surface area contributed by atoms with Crippen LogP contribution in [0.2, 0.25) is 0 Å². The molecule has 0 fully saturated rings. The van der Waals surface area contributed by atoms with E-state index >= 15 is 0 Å². The van der Waals surface area contributed by atoms with Gasteiger partial charge in [0.15, 0.2) is 0 Å². The number of hydrogen-bond donors (Lipinski definition) is 4. The van der Waals surface area contributed by atoms with Crippen molar-refractivity contribution in [2.24, 2.45) is 10.7 Å². The second kappa shape index (κ2) is 5.86. The summed E-state index contributed by atoms with van der Waals surface area (Å²) in [6.07, 6.45) is 2.47. The highest BCUT2D eigenvalue weighted by atomic mass is 32.1. The lowest BCUT2D eigenvalue weighted by molar-refractivity contribution is 0.232. The van der Waals surface area contributed by atoms with Gasteiger partial charge in [0.25, 0.3) is 0 Å². The number of aliphatic imine (C=N–C) groups is 1. The third-order valence-corrected chi connectivity index (χ3v) is 4.66. The van der Waals surface area contributed by atoms with Crippen LogP contribution in [0.5, 0.6) is 0 Å². The normalized spacial score (nSPS) is 21.5. The maximum Gasteiger partial charge on any atom is 0.213 e. The molecule has 2 atom stereocenters. The Morgan fingerprint density at radius 1 is 1.55 bits per heavy atom. The number of aromatic nitrogens is 1. The molecule has 0 amide bonds. The van der Waals surface area contributed by atoms with E-state index in [4.69, 9.17) is 16.4 Å². The van der Waals surface area contributed by atoms with E-state index in [1.165, 1.54) is 0 Å². The molecule has 0 aromatic carbocycles. The van der Waals surface area contributed by atoms with Gasteiger partial charge in [-0.15, -0.1) is 0 Å². The molecule has 7 heteroatoms. The molecular weight excluding hydrogens is 298 g/mol. The smallest absolute Gasteiger partial charge is 0.213 e. The Bertz CT molecular complexity index is 726. The second-order valence-corrected chi connectivity index (χ2v) is 6.07. The Hall–Kier alpha value is -2.25. The number of nitrogens with two attached hydrogens (primary N) is 1. The van der Waals surface area contributed by atoms with E-state index in [-0.39, 0.29) is 11.9 Å². The van der Waals surface area contributed by atoms with Crippen molar-refractivity contribution in [1.82, 2.24) is 10.5 Å². The second-order valence-electron chi connectivity index (χ2n) is 5.29. The zero-order valence-electron chi connectivity index (χ0n) is 12.1. The number of nitrogens with one attached hydrogen (secondary N) is 2. The first-order chi connectivity index (χ1) is 10.6. The SMILES string of the molecule is Cc1ccnc2c1C(N=C(N)NO)C(=N)C(c1ccsc1)C2. The molecule has 0 saturated heterocycles. The quantitative estimate of drug-likeness (QED) is 0.387. The first kappa shape index (κ1) is 14.7. The molecule has 2 aromatic heterocycles. The largest absolute Gasteiger partial charge is 0.368 e. The van der Waals surface area contributed by atoms with Gasteiger partial charge < -0.3 is 11.1 Å². The predicted molar refractivity (Wildman–Crippen MR) is 86.8 cm³/mol. The number of guanidine groups is 1. The van der Waals surface area contributed by atoms with Crippen LogP contribution in [0.1, 0.15) is 34.3 Å². The van der Waals surface area contributed by atoms with E-state index in [2.05, 4.69) is 15.4 Å². The summed E-state index contributed by atoms with van der Waals surface area (Å²) in [5, 5.41) is 21.6. The minimum absolute atomic E-state index is 0.0618. The van der Waals surface area contributed by atoms with E-state index < -0.39 is 6.04 Å². The Labute approximate surface area is 132 Å². The maximum absolute atomic E-state index is 8.93. The highest BCUT2D eigenvalue weighted by Crippen LogP contribution is 2.39. The number of hydroxylamine groups is 1. The van der Waals surface area contributed by atoms with Gasteiger partial charge >= 0.3 is 0 Å². The number of aryl methyl sites for hydroxylation is 1. The summed E-state index contributed by atoms with van der Waals surface area (Å²) in [6.45, 7) is 1.98. The standard InChI is InChI=1S/C15H17N5OS/c1-8-2-4-18-11-6-10(9-3-5-22-7-9)13(16)14(12(8)11)19-15(17)20-21/h2-5,7,10,14,16,21H,6H2,1H3,(H3,17,19,20). The molecule has 2 aromatic rings. The third kappa shape index (κ3) is 2.49. The van der Waals surface area contributed by atoms with Crippen LogP contribution in [-0.2, 0) is 6.42 Å². The fraction of sp³-hybridized carbons (Fsp3) is 0.267. The number of nitrogens with zero attached hydrogens (tertiary/aromatic N) is 2. The number of pyridine rings is 1. The number of rotatable bonds is 2. The average Bonchev–Trinajstić information content (AvgIpc) is 3.03. The molecule has 114 valence electrons. The maximum atomic E-state index is 8.93. The summed E-state index contributed by atoms with van der Waals surface area (Å²) in [4.78, 5) is 8.74. The van der Waals surface area contributed by atoms with Crippen molar-refractivity contribution in [2.45, 2.75) is 25.3 Å². The Balaban J connectivity index is 2.12. The third-order valence-electron chi connectivity index (χ3n) is 3.96. The molecule has 1 aliphatic rings. The van der Waals surface area contributed by atoms with Crippen LogP contribution >= 0.6 is 11.3 Å². The molecule has 3 rings (SSSR count). The van der Waals surface area contributed by atoms with Gasteiger partial charge in [0.05, 0.1) is 0 Å². The van der Waals surface area contributed by atoms with Crippen molar-refractivity contribution in [3.63, 3.8) is 0 Å². The lowest BCUT2D eigenvalue weighted by Gasteiger charge is -2.30.